The second-order valence-corrected chi connectivity index (χ2v) is 9.08. The van der Waals surface area contributed by atoms with E-state index in [9.17, 15) is 13.6 Å². The molecule has 176 valence electrons. The van der Waals surface area contributed by atoms with Crippen molar-refractivity contribution in [2.24, 2.45) is 0 Å². The maximum absolute atomic E-state index is 13.5. The van der Waals surface area contributed by atoms with E-state index in [1.165, 1.54) is 16.9 Å². The maximum atomic E-state index is 13.5. The van der Waals surface area contributed by atoms with E-state index in [0.29, 0.717) is 30.1 Å². The van der Waals surface area contributed by atoms with Gasteiger partial charge in [0.1, 0.15) is 17.8 Å². The quantitative estimate of drug-likeness (QED) is 0.521. The van der Waals surface area contributed by atoms with E-state index in [1.54, 1.807) is 11.0 Å². The number of carbonyl (C=O) groups excluding carboxylic acids is 1. The zero-order valence-electron chi connectivity index (χ0n) is 19.3. The number of alkyl halides is 2. The van der Waals surface area contributed by atoms with Gasteiger partial charge >= 0.3 is 0 Å². The lowest BCUT2D eigenvalue weighted by Crippen LogP contribution is -2.39. The van der Waals surface area contributed by atoms with Crippen molar-refractivity contribution in [1.29, 1.82) is 0 Å². The van der Waals surface area contributed by atoms with E-state index < -0.39 is 6.43 Å². The van der Waals surface area contributed by atoms with Crippen LogP contribution in [0.5, 0.6) is 5.75 Å². The Morgan fingerprint density at radius 1 is 1.15 bits per heavy atom. The Bertz CT molecular complexity index is 1150. The summed E-state index contributed by atoms with van der Waals surface area (Å²) in [6.45, 7) is 9.07. The molecule has 0 aliphatic carbocycles. The van der Waals surface area contributed by atoms with Gasteiger partial charge in [-0.2, -0.15) is 10.1 Å². The molecular formula is C24H29F2N5O2. The molecule has 9 heteroatoms. The van der Waals surface area contributed by atoms with Gasteiger partial charge in [0.15, 0.2) is 0 Å². The molecule has 33 heavy (non-hydrogen) atoms. The number of piperidine rings is 1. The summed E-state index contributed by atoms with van der Waals surface area (Å²) in [7, 11) is 0. The molecule has 7 nitrogen and oxygen atoms in total. The van der Waals surface area contributed by atoms with E-state index in [1.807, 2.05) is 26.0 Å². The van der Waals surface area contributed by atoms with E-state index in [2.05, 4.69) is 28.9 Å². The number of nitrogens with zero attached hydrogens (tertiary/aromatic N) is 5. The Morgan fingerprint density at radius 2 is 1.94 bits per heavy atom. The van der Waals surface area contributed by atoms with Gasteiger partial charge in [0.25, 0.3) is 18.1 Å². The zero-order chi connectivity index (χ0) is 23.7. The third kappa shape index (κ3) is 4.96. The van der Waals surface area contributed by atoms with Crippen molar-refractivity contribution >= 4 is 11.7 Å². The molecule has 3 aromatic rings. The number of amides is 1. The van der Waals surface area contributed by atoms with Crippen LogP contribution in [0.15, 0.2) is 30.6 Å². The fourth-order valence-corrected chi connectivity index (χ4v) is 4.26. The molecule has 1 fully saturated rings. The Balaban J connectivity index is 1.63. The highest BCUT2D eigenvalue weighted by atomic mass is 19.3. The standard InChI is InChI=1S/C24H29F2N5O2/c1-14(2)17-8-18(10-19(9-17)33-15(3)4)23(32)30-7-5-6-16(12-30)21-11-20(22(25)26)29-24-27-13-28-31(21)24/h8-11,13-16,22H,5-7,12H2,1-4H3/t16-/m0/s1. The summed E-state index contributed by atoms with van der Waals surface area (Å²) in [5.41, 5.74) is 1.88. The fourth-order valence-electron chi connectivity index (χ4n) is 4.26. The van der Waals surface area contributed by atoms with Crippen LogP contribution in [0.3, 0.4) is 0 Å². The van der Waals surface area contributed by atoms with Gasteiger partial charge in [-0.25, -0.2) is 18.3 Å². The minimum Gasteiger partial charge on any atom is -0.491 e. The molecule has 3 heterocycles. The van der Waals surface area contributed by atoms with Crippen LogP contribution in [0.4, 0.5) is 8.78 Å². The first kappa shape index (κ1) is 23.1. The number of fused-ring (bicyclic) bond motifs is 1. The monoisotopic (exact) mass is 457 g/mol. The number of hydrogen-bond donors (Lipinski definition) is 0. The number of hydrogen-bond acceptors (Lipinski definition) is 5. The minimum absolute atomic E-state index is 0.00413. The minimum atomic E-state index is -2.70. The maximum Gasteiger partial charge on any atom is 0.280 e. The molecule has 1 saturated heterocycles. The Morgan fingerprint density at radius 3 is 2.64 bits per heavy atom. The summed E-state index contributed by atoms with van der Waals surface area (Å²) in [6, 6.07) is 7.07. The van der Waals surface area contributed by atoms with E-state index in [4.69, 9.17) is 4.74 Å². The molecule has 0 spiro atoms. The lowest BCUT2D eigenvalue weighted by Gasteiger charge is -2.33. The van der Waals surface area contributed by atoms with Crippen molar-refractivity contribution in [3.8, 4) is 5.75 Å². The van der Waals surface area contributed by atoms with Crippen LogP contribution in [0.2, 0.25) is 0 Å². The molecule has 1 aromatic carbocycles. The van der Waals surface area contributed by atoms with Gasteiger partial charge in [-0.05, 0) is 62.4 Å². The summed E-state index contributed by atoms with van der Waals surface area (Å²) in [5.74, 6) is 0.826. The summed E-state index contributed by atoms with van der Waals surface area (Å²) in [5, 5.41) is 4.17. The van der Waals surface area contributed by atoms with Crippen molar-refractivity contribution in [2.45, 2.75) is 64.9 Å². The Hall–Kier alpha value is -3.10. The molecule has 0 radical (unpaired) electrons. The summed E-state index contributed by atoms with van der Waals surface area (Å²) < 4.78 is 34.2. The van der Waals surface area contributed by atoms with Crippen LogP contribution in [0.1, 0.15) is 86.1 Å². The van der Waals surface area contributed by atoms with Crippen LogP contribution in [-0.4, -0.2) is 49.6 Å². The molecule has 4 rings (SSSR count). The van der Waals surface area contributed by atoms with Gasteiger partial charge in [0.05, 0.1) is 11.8 Å². The van der Waals surface area contributed by atoms with Gasteiger partial charge < -0.3 is 9.64 Å². The number of aromatic nitrogens is 4. The molecule has 1 amide bonds. The number of halogens is 2. The van der Waals surface area contributed by atoms with E-state index in [-0.39, 0.29) is 35.3 Å². The smallest absolute Gasteiger partial charge is 0.280 e. The molecule has 1 aliphatic heterocycles. The SMILES string of the molecule is CC(C)Oc1cc(C(=O)N2CCC[C@H](c3cc(C(F)F)nc4ncnn34)C2)cc(C(C)C)c1. The van der Waals surface area contributed by atoms with Gasteiger partial charge in [-0.1, -0.05) is 13.8 Å². The molecule has 0 N–H and O–H groups in total. The first-order valence-electron chi connectivity index (χ1n) is 11.3. The Kier molecular flexibility index (Phi) is 6.58. The average Bonchev–Trinajstić information content (AvgIpc) is 3.26. The second-order valence-electron chi connectivity index (χ2n) is 9.08. The topological polar surface area (TPSA) is 72.6 Å². The van der Waals surface area contributed by atoms with Crippen LogP contribution in [-0.2, 0) is 0 Å². The first-order valence-corrected chi connectivity index (χ1v) is 11.3. The third-order valence-corrected chi connectivity index (χ3v) is 5.86. The molecular weight excluding hydrogens is 428 g/mol. The first-order chi connectivity index (χ1) is 15.7. The van der Waals surface area contributed by atoms with Gasteiger partial charge in [0, 0.05) is 24.6 Å². The van der Waals surface area contributed by atoms with Gasteiger partial charge in [-0.3, -0.25) is 4.79 Å². The molecule has 0 bridgehead atoms. The van der Waals surface area contributed by atoms with Crippen LogP contribution >= 0.6 is 0 Å². The highest BCUT2D eigenvalue weighted by molar-refractivity contribution is 5.95. The fraction of sp³-hybridized carbons (Fsp3) is 0.500. The van der Waals surface area contributed by atoms with Crippen molar-refractivity contribution < 1.29 is 18.3 Å². The number of carbonyl (C=O) groups is 1. The number of ether oxygens (including phenoxy) is 1. The molecule has 2 aromatic heterocycles. The Labute approximate surface area is 191 Å². The molecule has 0 saturated carbocycles. The number of rotatable bonds is 6. The van der Waals surface area contributed by atoms with Gasteiger partial charge in [0.2, 0.25) is 0 Å². The summed E-state index contributed by atoms with van der Waals surface area (Å²) >= 11 is 0. The lowest BCUT2D eigenvalue weighted by atomic mass is 9.93. The van der Waals surface area contributed by atoms with Crippen LogP contribution in [0.25, 0.3) is 5.78 Å². The van der Waals surface area contributed by atoms with E-state index >= 15 is 0 Å². The average molecular weight is 458 g/mol. The van der Waals surface area contributed by atoms with Gasteiger partial charge in [-0.15, -0.1) is 0 Å². The van der Waals surface area contributed by atoms with Crippen molar-refractivity contribution in [3.63, 3.8) is 0 Å². The number of benzene rings is 1. The van der Waals surface area contributed by atoms with Crippen LogP contribution in [0, 0.1) is 0 Å². The lowest BCUT2D eigenvalue weighted by molar-refractivity contribution is 0.0703. The van der Waals surface area contributed by atoms with Crippen LogP contribution < -0.4 is 4.74 Å². The largest absolute Gasteiger partial charge is 0.491 e. The van der Waals surface area contributed by atoms with Crippen molar-refractivity contribution in [2.75, 3.05) is 13.1 Å². The molecule has 1 aliphatic rings. The predicted molar refractivity (Wildman–Crippen MR) is 120 cm³/mol. The predicted octanol–water partition coefficient (Wildman–Crippen LogP) is 4.99. The zero-order valence-corrected chi connectivity index (χ0v) is 19.3. The number of likely N-dealkylation sites (tertiary alicyclic amines) is 1. The van der Waals surface area contributed by atoms with Crippen molar-refractivity contribution in [3.05, 3.63) is 53.1 Å². The molecule has 1 atom stereocenters. The normalized spacial score (nSPS) is 16.9. The summed E-state index contributed by atoms with van der Waals surface area (Å²) in [6.07, 6.45) is 0.123. The summed E-state index contributed by atoms with van der Waals surface area (Å²) in [4.78, 5) is 23.2. The second kappa shape index (κ2) is 9.41. The third-order valence-electron chi connectivity index (χ3n) is 5.86. The highest BCUT2D eigenvalue weighted by Gasteiger charge is 2.29. The highest BCUT2D eigenvalue weighted by Crippen LogP contribution is 2.31. The van der Waals surface area contributed by atoms with Crippen molar-refractivity contribution in [1.82, 2.24) is 24.5 Å². The molecule has 0 unspecified atom stereocenters. The van der Waals surface area contributed by atoms with E-state index in [0.717, 1.165) is 18.4 Å².